The van der Waals surface area contributed by atoms with Gasteiger partial charge in [-0.25, -0.2) is 0 Å². The van der Waals surface area contributed by atoms with E-state index in [1.165, 1.54) is 38.5 Å². The van der Waals surface area contributed by atoms with Crippen molar-refractivity contribution in [2.24, 2.45) is 35.5 Å². The predicted octanol–water partition coefficient (Wildman–Crippen LogP) is 3.43. The van der Waals surface area contributed by atoms with Gasteiger partial charge in [0.05, 0.1) is 0 Å². The molecule has 0 amide bonds. The Bertz CT molecular complexity index is 293. The molecule has 0 aliphatic heterocycles. The van der Waals surface area contributed by atoms with E-state index in [2.05, 4.69) is 0 Å². The molecule has 0 radical (unpaired) electrons. The molecule has 4 rings (SSSR count). The Kier molecular flexibility index (Phi) is 2.02. The fourth-order valence-corrected chi connectivity index (χ4v) is 6.01. The minimum Gasteiger partial charge on any atom is -0.300 e. The number of ketones is 1. The number of carbonyl (C=O) groups is 1. The van der Waals surface area contributed by atoms with Crippen LogP contribution in [0.4, 0.5) is 0 Å². The van der Waals surface area contributed by atoms with Crippen molar-refractivity contribution >= 4 is 5.78 Å². The molecule has 0 bridgehead atoms. The van der Waals surface area contributed by atoms with E-state index in [9.17, 15) is 4.79 Å². The maximum absolute atomic E-state index is 11.7. The number of hydrogen-bond donors (Lipinski definition) is 0. The maximum Gasteiger partial charge on any atom is 0.133 e. The molecular weight excluding hydrogens is 196 g/mol. The third kappa shape index (κ3) is 1.15. The lowest BCUT2D eigenvalue weighted by Gasteiger charge is -2.42. The molecule has 4 saturated carbocycles. The van der Waals surface area contributed by atoms with Crippen LogP contribution < -0.4 is 0 Å². The molecule has 4 aliphatic carbocycles. The molecule has 1 heteroatoms. The summed E-state index contributed by atoms with van der Waals surface area (Å²) in [4.78, 5) is 11.7. The van der Waals surface area contributed by atoms with Crippen LogP contribution in [0.1, 0.15) is 51.4 Å². The highest BCUT2D eigenvalue weighted by Gasteiger charge is 2.57. The summed E-state index contributed by atoms with van der Waals surface area (Å²) in [6.07, 6.45) is 10.7. The quantitative estimate of drug-likeness (QED) is 0.609. The standard InChI is InChI=1S/C15H22O/c16-10-7-13-11-5-1-3-9-4-2-6-12(15(9)11)14(13)8-10/h9,11-15H,1-8H2. The molecule has 88 valence electrons. The van der Waals surface area contributed by atoms with Gasteiger partial charge in [-0.3, -0.25) is 4.79 Å². The van der Waals surface area contributed by atoms with Crippen LogP contribution in [-0.2, 0) is 4.79 Å². The first-order chi connectivity index (χ1) is 7.84. The van der Waals surface area contributed by atoms with E-state index in [4.69, 9.17) is 0 Å². The highest BCUT2D eigenvalue weighted by molar-refractivity contribution is 5.81. The van der Waals surface area contributed by atoms with Gasteiger partial charge in [0.25, 0.3) is 0 Å². The third-order valence-corrected chi connectivity index (χ3v) is 6.33. The smallest absolute Gasteiger partial charge is 0.133 e. The first-order valence-electron chi connectivity index (χ1n) is 7.36. The highest BCUT2D eigenvalue weighted by atomic mass is 16.1. The van der Waals surface area contributed by atoms with Crippen LogP contribution in [-0.4, -0.2) is 5.78 Å². The van der Waals surface area contributed by atoms with Gasteiger partial charge >= 0.3 is 0 Å². The Morgan fingerprint density at radius 3 is 1.88 bits per heavy atom. The Labute approximate surface area is 98.0 Å². The van der Waals surface area contributed by atoms with Crippen LogP contribution in [0.5, 0.6) is 0 Å². The van der Waals surface area contributed by atoms with Crippen LogP contribution in [0, 0.1) is 35.5 Å². The predicted molar refractivity (Wildman–Crippen MR) is 62.9 cm³/mol. The summed E-state index contributed by atoms with van der Waals surface area (Å²) in [6, 6.07) is 0. The van der Waals surface area contributed by atoms with E-state index >= 15 is 0 Å². The van der Waals surface area contributed by atoms with Crippen LogP contribution >= 0.6 is 0 Å². The largest absolute Gasteiger partial charge is 0.300 e. The Morgan fingerprint density at radius 1 is 0.750 bits per heavy atom. The second-order valence-corrected chi connectivity index (χ2v) is 6.80. The Balaban J connectivity index is 1.70. The normalized spacial score (nSPS) is 54.9. The molecule has 16 heavy (non-hydrogen) atoms. The fourth-order valence-electron chi connectivity index (χ4n) is 6.01. The van der Waals surface area contributed by atoms with Gasteiger partial charge in [-0.15, -0.1) is 0 Å². The van der Waals surface area contributed by atoms with Crippen molar-refractivity contribution in [2.45, 2.75) is 51.4 Å². The average Bonchev–Trinajstić information content (AvgIpc) is 2.80. The van der Waals surface area contributed by atoms with Gasteiger partial charge in [0, 0.05) is 12.8 Å². The van der Waals surface area contributed by atoms with Crippen molar-refractivity contribution in [2.75, 3.05) is 0 Å². The second-order valence-electron chi connectivity index (χ2n) is 6.80. The van der Waals surface area contributed by atoms with E-state index in [1.807, 2.05) is 0 Å². The van der Waals surface area contributed by atoms with E-state index < -0.39 is 0 Å². The number of carbonyl (C=O) groups excluding carboxylic acids is 1. The van der Waals surface area contributed by atoms with E-state index in [0.717, 1.165) is 48.3 Å². The first kappa shape index (κ1) is 9.67. The summed E-state index contributed by atoms with van der Waals surface area (Å²) in [5, 5.41) is 0. The van der Waals surface area contributed by atoms with Crippen molar-refractivity contribution in [1.29, 1.82) is 0 Å². The molecule has 4 aliphatic rings. The molecule has 0 N–H and O–H groups in total. The summed E-state index contributed by atoms with van der Waals surface area (Å²) >= 11 is 0. The average molecular weight is 218 g/mol. The Hall–Kier alpha value is -0.330. The van der Waals surface area contributed by atoms with Crippen LogP contribution in [0.3, 0.4) is 0 Å². The summed E-state index contributed by atoms with van der Waals surface area (Å²) in [5.74, 6) is 6.25. The third-order valence-electron chi connectivity index (χ3n) is 6.33. The molecule has 1 nitrogen and oxygen atoms in total. The monoisotopic (exact) mass is 218 g/mol. The van der Waals surface area contributed by atoms with Crippen molar-refractivity contribution in [1.82, 2.24) is 0 Å². The molecule has 0 aromatic carbocycles. The highest BCUT2D eigenvalue weighted by Crippen LogP contribution is 2.62. The zero-order valence-electron chi connectivity index (χ0n) is 10.0. The minimum absolute atomic E-state index is 0.584. The zero-order valence-corrected chi connectivity index (χ0v) is 10.0. The SMILES string of the molecule is O=C1CC2C(C1)C1CCCC3CCCC2C31. The summed E-state index contributed by atoms with van der Waals surface area (Å²) in [5.41, 5.74) is 0. The molecule has 0 heterocycles. The second kappa shape index (κ2) is 3.34. The molecule has 0 aromatic rings. The maximum atomic E-state index is 11.7. The Morgan fingerprint density at radius 2 is 1.31 bits per heavy atom. The lowest BCUT2D eigenvalue weighted by molar-refractivity contribution is -0.118. The van der Waals surface area contributed by atoms with E-state index in [-0.39, 0.29) is 0 Å². The fraction of sp³-hybridized carbons (Fsp3) is 0.933. The van der Waals surface area contributed by atoms with E-state index in [0.29, 0.717) is 5.78 Å². The van der Waals surface area contributed by atoms with Gasteiger partial charge in [-0.2, -0.15) is 0 Å². The van der Waals surface area contributed by atoms with Crippen molar-refractivity contribution in [3.63, 3.8) is 0 Å². The van der Waals surface area contributed by atoms with Gasteiger partial charge in [0.1, 0.15) is 5.78 Å². The number of Topliss-reactive ketones (excluding diaryl/α,β-unsaturated/α-hetero) is 1. The molecule has 0 spiro atoms. The molecule has 4 fully saturated rings. The molecule has 4 unspecified atom stereocenters. The molecule has 0 aromatic heterocycles. The number of rotatable bonds is 0. The summed E-state index contributed by atoms with van der Waals surface area (Å²) in [7, 11) is 0. The minimum atomic E-state index is 0.584. The van der Waals surface area contributed by atoms with E-state index in [1.54, 1.807) is 0 Å². The first-order valence-corrected chi connectivity index (χ1v) is 7.36. The van der Waals surface area contributed by atoms with Gasteiger partial charge in [0.2, 0.25) is 0 Å². The van der Waals surface area contributed by atoms with Gasteiger partial charge < -0.3 is 0 Å². The van der Waals surface area contributed by atoms with Crippen molar-refractivity contribution in [3.05, 3.63) is 0 Å². The summed E-state index contributed by atoms with van der Waals surface area (Å²) < 4.78 is 0. The van der Waals surface area contributed by atoms with Crippen LogP contribution in [0.25, 0.3) is 0 Å². The van der Waals surface area contributed by atoms with Crippen LogP contribution in [0.2, 0.25) is 0 Å². The van der Waals surface area contributed by atoms with Gasteiger partial charge in [-0.1, -0.05) is 25.7 Å². The van der Waals surface area contributed by atoms with Crippen molar-refractivity contribution in [3.8, 4) is 0 Å². The van der Waals surface area contributed by atoms with Gasteiger partial charge in [-0.05, 0) is 48.3 Å². The van der Waals surface area contributed by atoms with Crippen LogP contribution in [0.15, 0.2) is 0 Å². The van der Waals surface area contributed by atoms with Crippen molar-refractivity contribution < 1.29 is 4.79 Å². The number of fused-ring (bicyclic) bond motifs is 3. The topological polar surface area (TPSA) is 17.1 Å². The zero-order chi connectivity index (χ0) is 10.7. The molecule has 0 saturated heterocycles. The van der Waals surface area contributed by atoms with Gasteiger partial charge in [0.15, 0.2) is 0 Å². The lowest BCUT2D eigenvalue weighted by Crippen LogP contribution is -2.34. The lowest BCUT2D eigenvalue weighted by atomic mass is 9.63. The molecular formula is C15H22O. The number of hydrogen-bond acceptors (Lipinski definition) is 1. The molecule has 4 atom stereocenters. The summed E-state index contributed by atoms with van der Waals surface area (Å²) in [6.45, 7) is 0.